The Hall–Kier alpha value is -0.730. The van der Waals surface area contributed by atoms with Crippen LogP contribution in [-0.4, -0.2) is 30.6 Å². The van der Waals surface area contributed by atoms with Crippen molar-refractivity contribution < 1.29 is 4.79 Å². The topological polar surface area (TPSA) is 32.3 Å². The number of rotatable bonds is 1. The van der Waals surface area contributed by atoms with Gasteiger partial charge in [0.05, 0.1) is 0 Å². The fraction of sp³-hybridized carbons (Fsp3) is 0.857. The van der Waals surface area contributed by atoms with Crippen molar-refractivity contribution in [2.45, 2.75) is 13.8 Å². The molecule has 0 spiro atoms. The third-order valence-electron chi connectivity index (χ3n) is 1.80. The van der Waals surface area contributed by atoms with E-state index in [1.807, 2.05) is 11.8 Å². The predicted octanol–water partition coefficient (Wildman–Crippen LogP) is 0.668. The molecule has 1 rings (SSSR count). The largest absolute Gasteiger partial charge is 0.338 e. The van der Waals surface area contributed by atoms with E-state index in [4.69, 9.17) is 0 Å². The van der Waals surface area contributed by atoms with Gasteiger partial charge in [-0.1, -0.05) is 6.92 Å². The van der Waals surface area contributed by atoms with Gasteiger partial charge in [-0.2, -0.15) is 0 Å². The maximum Gasteiger partial charge on any atom is 0.317 e. The minimum atomic E-state index is 0.0839. The van der Waals surface area contributed by atoms with Crippen molar-refractivity contribution in [1.82, 2.24) is 10.2 Å². The molecule has 1 atom stereocenters. The number of hydrogen-bond donors (Lipinski definition) is 1. The molecule has 0 aromatic rings. The zero-order chi connectivity index (χ0) is 7.56. The molecule has 0 radical (unpaired) electrons. The molecule has 0 aliphatic carbocycles. The molecule has 0 aromatic carbocycles. The Labute approximate surface area is 61.4 Å². The van der Waals surface area contributed by atoms with E-state index in [1.165, 1.54) is 0 Å². The number of carbonyl (C=O) groups excluding carboxylic acids is 1. The normalized spacial score (nSPS) is 26.4. The summed E-state index contributed by atoms with van der Waals surface area (Å²) in [5.74, 6) is 0.595. The SMILES string of the molecule is CCN1CC(C)CNC1=O. The summed E-state index contributed by atoms with van der Waals surface area (Å²) in [5, 5.41) is 2.82. The van der Waals surface area contributed by atoms with E-state index in [0.717, 1.165) is 19.6 Å². The van der Waals surface area contributed by atoms with Crippen LogP contribution < -0.4 is 5.32 Å². The molecule has 1 aliphatic heterocycles. The second-order valence-electron chi connectivity index (χ2n) is 2.83. The summed E-state index contributed by atoms with van der Waals surface area (Å²) in [7, 11) is 0. The lowest BCUT2D eigenvalue weighted by Crippen LogP contribution is -2.49. The number of nitrogens with one attached hydrogen (secondary N) is 1. The van der Waals surface area contributed by atoms with Gasteiger partial charge in [0.25, 0.3) is 0 Å². The highest BCUT2D eigenvalue weighted by Gasteiger charge is 2.19. The van der Waals surface area contributed by atoms with Gasteiger partial charge in [-0.25, -0.2) is 4.79 Å². The average molecular weight is 142 g/mol. The van der Waals surface area contributed by atoms with E-state index in [1.54, 1.807) is 0 Å². The fourth-order valence-corrected chi connectivity index (χ4v) is 1.17. The van der Waals surface area contributed by atoms with Gasteiger partial charge in [0.1, 0.15) is 0 Å². The van der Waals surface area contributed by atoms with Crippen molar-refractivity contribution in [1.29, 1.82) is 0 Å². The highest BCUT2D eigenvalue weighted by atomic mass is 16.2. The molecule has 1 fully saturated rings. The van der Waals surface area contributed by atoms with Crippen molar-refractivity contribution in [3.05, 3.63) is 0 Å². The van der Waals surface area contributed by atoms with Crippen molar-refractivity contribution in [2.24, 2.45) is 5.92 Å². The maximum atomic E-state index is 11.0. The summed E-state index contributed by atoms with van der Waals surface area (Å²) in [6, 6.07) is 0.0839. The quantitative estimate of drug-likeness (QED) is 0.573. The van der Waals surface area contributed by atoms with Gasteiger partial charge in [0.15, 0.2) is 0 Å². The number of urea groups is 1. The molecule has 0 saturated carbocycles. The van der Waals surface area contributed by atoms with Gasteiger partial charge in [0.2, 0.25) is 0 Å². The van der Waals surface area contributed by atoms with Crippen LogP contribution in [0.4, 0.5) is 4.79 Å². The summed E-state index contributed by atoms with van der Waals surface area (Å²) in [5.41, 5.74) is 0. The van der Waals surface area contributed by atoms with E-state index >= 15 is 0 Å². The van der Waals surface area contributed by atoms with Crippen LogP contribution in [0.25, 0.3) is 0 Å². The summed E-state index contributed by atoms with van der Waals surface area (Å²) >= 11 is 0. The molecule has 1 N–H and O–H groups in total. The Morgan fingerprint density at radius 3 is 3.00 bits per heavy atom. The number of amides is 2. The van der Waals surface area contributed by atoms with E-state index in [0.29, 0.717) is 5.92 Å². The molecule has 0 aromatic heterocycles. The van der Waals surface area contributed by atoms with Crippen LogP contribution in [-0.2, 0) is 0 Å². The highest BCUT2D eigenvalue weighted by Crippen LogP contribution is 2.04. The van der Waals surface area contributed by atoms with Crippen LogP contribution >= 0.6 is 0 Å². The molecular formula is C7H14N2O. The van der Waals surface area contributed by atoms with Crippen molar-refractivity contribution >= 4 is 6.03 Å². The zero-order valence-corrected chi connectivity index (χ0v) is 6.55. The van der Waals surface area contributed by atoms with Gasteiger partial charge in [-0.3, -0.25) is 0 Å². The molecule has 10 heavy (non-hydrogen) atoms. The molecule has 1 unspecified atom stereocenters. The average Bonchev–Trinajstić information content (AvgIpc) is 1.94. The number of carbonyl (C=O) groups is 1. The Balaban J connectivity index is 2.45. The smallest absolute Gasteiger partial charge is 0.317 e. The van der Waals surface area contributed by atoms with E-state index in [-0.39, 0.29) is 6.03 Å². The molecule has 3 nitrogen and oxygen atoms in total. The molecule has 1 aliphatic rings. The highest BCUT2D eigenvalue weighted by molar-refractivity contribution is 5.74. The minimum Gasteiger partial charge on any atom is -0.338 e. The Kier molecular flexibility index (Phi) is 2.14. The third-order valence-corrected chi connectivity index (χ3v) is 1.80. The second kappa shape index (κ2) is 2.90. The van der Waals surface area contributed by atoms with Gasteiger partial charge in [-0.15, -0.1) is 0 Å². The number of hydrogen-bond acceptors (Lipinski definition) is 1. The fourth-order valence-electron chi connectivity index (χ4n) is 1.17. The first-order valence-electron chi connectivity index (χ1n) is 3.76. The molecule has 1 heterocycles. The minimum absolute atomic E-state index is 0.0839. The molecule has 0 bridgehead atoms. The van der Waals surface area contributed by atoms with E-state index in [2.05, 4.69) is 12.2 Å². The van der Waals surface area contributed by atoms with Gasteiger partial charge >= 0.3 is 6.03 Å². The standard InChI is InChI=1S/C7H14N2O/c1-3-9-5-6(2)4-8-7(9)10/h6H,3-5H2,1-2H3,(H,8,10). The monoisotopic (exact) mass is 142 g/mol. The first-order chi connectivity index (χ1) is 4.74. The summed E-state index contributed by atoms with van der Waals surface area (Å²) in [4.78, 5) is 12.8. The molecule has 1 saturated heterocycles. The van der Waals surface area contributed by atoms with Crippen LogP contribution in [0.15, 0.2) is 0 Å². The first kappa shape index (κ1) is 7.38. The second-order valence-corrected chi connectivity index (χ2v) is 2.83. The van der Waals surface area contributed by atoms with Crippen molar-refractivity contribution in [3.8, 4) is 0 Å². The van der Waals surface area contributed by atoms with Gasteiger partial charge < -0.3 is 10.2 Å². The van der Waals surface area contributed by atoms with Crippen LogP contribution in [0.3, 0.4) is 0 Å². The van der Waals surface area contributed by atoms with Crippen LogP contribution in [0.5, 0.6) is 0 Å². The maximum absolute atomic E-state index is 11.0. The van der Waals surface area contributed by atoms with Crippen LogP contribution in [0.2, 0.25) is 0 Å². The predicted molar refractivity (Wildman–Crippen MR) is 39.8 cm³/mol. The van der Waals surface area contributed by atoms with E-state index < -0.39 is 0 Å². The van der Waals surface area contributed by atoms with Gasteiger partial charge in [0, 0.05) is 19.6 Å². The lowest BCUT2D eigenvalue weighted by Gasteiger charge is -2.30. The molecular weight excluding hydrogens is 128 g/mol. The number of nitrogens with zero attached hydrogens (tertiary/aromatic N) is 1. The first-order valence-corrected chi connectivity index (χ1v) is 3.76. The Bertz CT molecular complexity index is 136. The lowest BCUT2D eigenvalue weighted by molar-refractivity contribution is 0.174. The zero-order valence-electron chi connectivity index (χ0n) is 6.55. The van der Waals surface area contributed by atoms with E-state index in [9.17, 15) is 4.79 Å². The molecule has 2 amide bonds. The van der Waals surface area contributed by atoms with Gasteiger partial charge in [-0.05, 0) is 12.8 Å². The Morgan fingerprint density at radius 1 is 1.80 bits per heavy atom. The van der Waals surface area contributed by atoms with Crippen molar-refractivity contribution in [3.63, 3.8) is 0 Å². The van der Waals surface area contributed by atoms with Crippen molar-refractivity contribution in [2.75, 3.05) is 19.6 Å². The summed E-state index contributed by atoms with van der Waals surface area (Å²) in [6.07, 6.45) is 0. The van der Waals surface area contributed by atoms with Crippen LogP contribution in [0, 0.1) is 5.92 Å². The summed E-state index contributed by atoms with van der Waals surface area (Å²) in [6.45, 7) is 6.69. The Morgan fingerprint density at radius 2 is 2.50 bits per heavy atom. The van der Waals surface area contributed by atoms with Crippen LogP contribution in [0.1, 0.15) is 13.8 Å². The lowest BCUT2D eigenvalue weighted by atomic mass is 10.1. The summed E-state index contributed by atoms with van der Waals surface area (Å²) < 4.78 is 0. The molecule has 58 valence electrons. The molecule has 3 heteroatoms. The third kappa shape index (κ3) is 1.40.